The van der Waals surface area contributed by atoms with Crippen LogP contribution in [0.25, 0.3) is 22.6 Å². The van der Waals surface area contributed by atoms with E-state index in [9.17, 15) is 9.18 Å². The minimum absolute atomic E-state index is 0.0879. The first kappa shape index (κ1) is 14.9. The molecule has 2 amide bonds. The number of amides is 2. The molecule has 2 aromatic carbocycles. The highest BCUT2D eigenvalue weighted by molar-refractivity contribution is 5.98. The van der Waals surface area contributed by atoms with Crippen LogP contribution in [0.1, 0.15) is 0 Å². The molecule has 8 heteroatoms. The highest BCUT2D eigenvalue weighted by Gasteiger charge is 2.15. The average molecular weight is 338 g/mol. The molecule has 0 aliphatic rings. The maximum atomic E-state index is 12.8. The number of nitrogens with zero attached hydrogens (tertiary/aromatic N) is 2. The third-order valence-electron chi connectivity index (χ3n) is 3.38. The minimum atomic E-state index is -0.591. The highest BCUT2D eigenvalue weighted by atomic mass is 19.1. The van der Waals surface area contributed by atoms with Gasteiger partial charge in [0.25, 0.3) is 5.89 Å². The van der Waals surface area contributed by atoms with E-state index in [1.54, 1.807) is 6.07 Å². The summed E-state index contributed by atoms with van der Waals surface area (Å²) in [6.45, 7) is 0. The zero-order valence-corrected chi connectivity index (χ0v) is 12.7. The van der Waals surface area contributed by atoms with Gasteiger partial charge in [-0.25, -0.2) is 9.18 Å². The summed E-state index contributed by atoms with van der Waals surface area (Å²) in [5, 5.41) is 13.4. The Labute approximate surface area is 140 Å². The van der Waals surface area contributed by atoms with Crippen molar-refractivity contribution in [1.29, 1.82) is 0 Å². The molecule has 0 spiro atoms. The molecule has 124 valence electrons. The largest absolute Gasteiger partial charge is 0.451 e. The number of hydrogen-bond donors (Lipinski definition) is 2. The van der Waals surface area contributed by atoms with Crippen molar-refractivity contribution < 1.29 is 18.0 Å². The van der Waals surface area contributed by atoms with Gasteiger partial charge in [-0.3, -0.25) is 5.32 Å². The summed E-state index contributed by atoms with van der Waals surface area (Å²) in [5.74, 6) is 0.160. The lowest BCUT2D eigenvalue weighted by molar-refractivity contribution is 0.261. The third kappa shape index (κ3) is 3.18. The number of fused-ring (bicyclic) bond motifs is 1. The smallest absolute Gasteiger partial charge is 0.327 e. The summed E-state index contributed by atoms with van der Waals surface area (Å²) in [5.41, 5.74) is 1.12. The molecule has 0 bridgehead atoms. The maximum Gasteiger partial charge on any atom is 0.327 e. The van der Waals surface area contributed by atoms with Gasteiger partial charge < -0.3 is 14.2 Å². The van der Waals surface area contributed by atoms with Gasteiger partial charge in [0, 0.05) is 11.1 Å². The zero-order valence-electron chi connectivity index (χ0n) is 12.7. The number of urea groups is 1. The molecule has 0 saturated carbocycles. The molecular weight excluding hydrogens is 327 g/mol. The number of furan rings is 1. The Morgan fingerprint density at radius 3 is 2.56 bits per heavy atom. The van der Waals surface area contributed by atoms with Gasteiger partial charge in [0.15, 0.2) is 5.76 Å². The summed E-state index contributed by atoms with van der Waals surface area (Å²) in [6, 6.07) is 13.9. The predicted octanol–water partition coefficient (Wildman–Crippen LogP) is 4.27. The van der Waals surface area contributed by atoms with Crippen LogP contribution in [0.15, 0.2) is 63.4 Å². The fraction of sp³-hybridized carbons (Fsp3) is 0. The number of anilines is 2. The van der Waals surface area contributed by atoms with Crippen molar-refractivity contribution >= 4 is 28.7 Å². The Kier molecular flexibility index (Phi) is 3.62. The molecule has 7 nitrogen and oxygen atoms in total. The molecule has 0 aliphatic carbocycles. The van der Waals surface area contributed by atoms with Crippen molar-refractivity contribution in [2.75, 3.05) is 10.6 Å². The van der Waals surface area contributed by atoms with Gasteiger partial charge in [-0.2, -0.15) is 0 Å². The van der Waals surface area contributed by atoms with Gasteiger partial charge in [-0.15, -0.1) is 5.10 Å². The van der Waals surface area contributed by atoms with Crippen LogP contribution in [0, 0.1) is 5.82 Å². The molecule has 0 radical (unpaired) electrons. The standard InChI is InChI=1S/C17H11FN4O3/c18-11-5-7-12(8-6-11)19-16(23)20-17-22-21-15(25-17)14-9-10-3-1-2-4-13(10)24-14/h1-9H,(H2,19,20,22,23). The van der Waals surface area contributed by atoms with Crippen LogP contribution in [0.5, 0.6) is 0 Å². The van der Waals surface area contributed by atoms with Crippen LogP contribution in [-0.2, 0) is 0 Å². The van der Waals surface area contributed by atoms with Crippen LogP contribution in [-0.4, -0.2) is 16.2 Å². The Balaban J connectivity index is 1.47. The number of halogens is 1. The Hall–Kier alpha value is -3.68. The number of nitrogens with one attached hydrogen (secondary N) is 2. The second kappa shape index (κ2) is 6.08. The van der Waals surface area contributed by atoms with E-state index in [4.69, 9.17) is 8.83 Å². The van der Waals surface area contributed by atoms with Crippen LogP contribution < -0.4 is 10.6 Å². The molecule has 0 unspecified atom stereocenters. The lowest BCUT2D eigenvalue weighted by Gasteiger charge is -2.03. The second-order valence-corrected chi connectivity index (χ2v) is 5.15. The lowest BCUT2D eigenvalue weighted by atomic mass is 10.2. The van der Waals surface area contributed by atoms with Crippen molar-refractivity contribution in [3.8, 4) is 11.7 Å². The van der Waals surface area contributed by atoms with E-state index in [0.717, 1.165) is 5.39 Å². The first-order valence-corrected chi connectivity index (χ1v) is 7.33. The Morgan fingerprint density at radius 2 is 1.76 bits per heavy atom. The van der Waals surface area contributed by atoms with Crippen molar-refractivity contribution in [2.24, 2.45) is 0 Å². The van der Waals surface area contributed by atoms with E-state index in [-0.39, 0.29) is 11.9 Å². The monoisotopic (exact) mass is 338 g/mol. The van der Waals surface area contributed by atoms with E-state index in [1.165, 1.54) is 24.3 Å². The summed E-state index contributed by atoms with van der Waals surface area (Å²) in [7, 11) is 0. The lowest BCUT2D eigenvalue weighted by Crippen LogP contribution is -2.19. The number of rotatable bonds is 3. The molecule has 2 heterocycles. The van der Waals surface area contributed by atoms with Gasteiger partial charge in [-0.1, -0.05) is 23.3 Å². The molecule has 4 rings (SSSR count). The maximum absolute atomic E-state index is 12.8. The molecule has 0 aliphatic heterocycles. The van der Waals surface area contributed by atoms with E-state index in [0.29, 0.717) is 17.0 Å². The van der Waals surface area contributed by atoms with Gasteiger partial charge in [-0.05, 0) is 36.4 Å². The average Bonchev–Trinajstić information content (AvgIpc) is 3.23. The Morgan fingerprint density at radius 1 is 0.960 bits per heavy atom. The summed E-state index contributed by atoms with van der Waals surface area (Å²) in [6.07, 6.45) is 0. The molecule has 4 aromatic rings. The fourth-order valence-electron chi connectivity index (χ4n) is 2.25. The molecule has 2 aromatic heterocycles. The van der Waals surface area contributed by atoms with Crippen LogP contribution in [0.4, 0.5) is 20.9 Å². The quantitative estimate of drug-likeness (QED) is 0.582. The van der Waals surface area contributed by atoms with E-state index < -0.39 is 11.8 Å². The normalized spacial score (nSPS) is 10.8. The first-order valence-electron chi connectivity index (χ1n) is 7.33. The molecule has 2 N–H and O–H groups in total. The third-order valence-corrected chi connectivity index (χ3v) is 3.38. The molecular formula is C17H11FN4O3. The number of para-hydroxylation sites is 1. The van der Waals surface area contributed by atoms with Gasteiger partial charge >= 0.3 is 12.0 Å². The second-order valence-electron chi connectivity index (χ2n) is 5.15. The first-order chi connectivity index (χ1) is 12.2. The van der Waals surface area contributed by atoms with Crippen molar-refractivity contribution in [2.45, 2.75) is 0 Å². The van der Waals surface area contributed by atoms with Crippen molar-refractivity contribution in [1.82, 2.24) is 10.2 Å². The van der Waals surface area contributed by atoms with Crippen molar-refractivity contribution in [3.05, 3.63) is 60.4 Å². The number of aromatic nitrogens is 2. The number of carbonyl (C=O) groups excluding carboxylic acids is 1. The van der Waals surface area contributed by atoms with Crippen LogP contribution in [0.3, 0.4) is 0 Å². The van der Waals surface area contributed by atoms with E-state index in [2.05, 4.69) is 20.8 Å². The molecule has 0 atom stereocenters. The fourth-order valence-corrected chi connectivity index (χ4v) is 2.25. The number of hydrogen-bond acceptors (Lipinski definition) is 5. The highest BCUT2D eigenvalue weighted by Crippen LogP contribution is 2.27. The molecule has 25 heavy (non-hydrogen) atoms. The molecule has 0 saturated heterocycles. The summed E-state index contributed by atoms with van der Waals surface area (Å²) >= 11 is 0. The van der Waals surface area contributed by atoms with E-state index in [1.807, 2.05) is 24.3 Å². The van der Waals surface area contributed by atoms with Crippen LogP contribution >= 0.6 is 0 Å². The Bertz CT molecular complexity index is 1010. The van der Waals surface area contributed by atoms with Crippen LogP contribution in [0.2, 0.25) is 0 Å². The van der Waals surface area contributed by atoms with E-state index >= 15 is 0 Å². The van der Waals surface area contributed by atoms with Gasteiger partial charge in [0.1, 0.15) is 11.4 Å². The molecule has 0 fully saturated rings. The van der Waals surface area contributed by atoms with Gasteiger partial charge in [0.2, 0.25) is 0 Å². The zero-order chi connectivity index (χ0) is 17.2. The minimum Gasteiger partial charge on any atom is -0.451 e. The topological polar surface area (TPSA) is 93.2 Å². The number of carbonyl (C=O) groups is 1. The van der Waals surface area contributed by atoms with Crippen molar-refractivity contribution in [3.63, 3.8) is 0 Å². The summed E-state index contributed by atoms with van der Waals surface area (Å²) < 4.78 is 23.8. The van der Waals surface area contributed by atoms with Gasteiger partial charge in [0.05, 0.1) is 0 Å². The predicted molar refractivity (Wildman–Crippen MR) is 88.5 cm³/mol. The summed E-state index contributed by atoms with van der Waals surface area (Å²) in [4.78, 5) is 11.9. The number of benzene rings is 2. The SMILES string of the molecule is O=C(Nc1ccc(F)cc1)Nc1nnc(-c2cc3ccccc3o2)o1.